The molecule has 0 aliphatic carbocycles. The fourth-order valence-electron chi connectivity index (χ4n) is 1.90. The van der Waals surface area contributed by atoms with Gasteiger partial charge in [-0.3, -0.25) is 4.99 Å². The Labute approximate surface area is 107 Å². The fourth-order valence-corrected chi connectivity index (χ4v) is 1.90. The smallest absolute Gasteiger partial charge is 0.191 e. The van der Waals surface area contributed by atoms with Crippen LogP contribution < -0.4 is 15.4 Å². The largest absolute Gasteiger partial charge is 0.496 e. The molecule has 2 unspecified atom stereocenters. The Hall–Kier alpha value is -1.75. The Balaban J connectivity index is 1.93. The average molecular weight is 249 g/mol. The van der Waals surface area contributed by atoms with E-state index in [9.17, 15) is 5.11 Å². The van der Waals surface area contributed by atoms with Crippen LogP contribution in [0.1, 0.15) is 18.6 Å². The molecule has 98 valence electrons. The van der Waals surface area contributed by atoms with Crippen molar-refractivity contribution in [2.45, 2.75) is 19.1 Å². The van der Waals surface area contributed by atoms with E-state index in [1.165, 1.54) is 0 Å². The summed E-state index contributed by atoms with van der Waals surface area (Å²) in [6.07, 6.45) is -0.624. The van der Waals surface area contributed by atoms with Gasteiger partial charge >= 0.3 is 0 Å². The zero-order valence-corrected chi connectivity index (χ0v) is 10.7. The maximum absolute atomic E-state index is 10.1. The lowest BCUT2D eigenvalue weighted by molar-refractivity contribution is 0.176. The monoisotopic (exact) mass is 249 g/mol. The molecular formula is C13H19N3O2. The molecular weight excluding hydrogens is 230 g/mol. The number of methoxy groups -OCH3 is 1. The topological polar surface area (TPSA) is 65.9 Å². The SMILES string of the molecule is COc1ccccc1C(O)CNC1=NCC(C)N1. The molecule has 1 aliphatic heterocycles. The number of hydrogen-bond acceptors (Lipinski definition) is 5. The van der Waals surface area contributed by atoms with Gasteiger partial charge in [0.1, 0.15) is 5.75 Å². The van der Waals surface area contributed by atoms with Crippen molar-refractivity contribution in [1.29, 1.82) is 0 Å². The third-order valence-electron chi connectivity index (χ3n) is 2.87. The third-order valence-corrected chi connectivity index (χ3v) is 2.87. The molecule has 1 aromatic rings. The summed E-state index contributed by atoms with van der Waals surface area (Å²) in [6.45, 7) is 3.24. The van der Waals surface area contributed by atoms with Gasteiger partial charge in [0.2, 0.25) is 0 Å². The number of aliphatic imine (C=N–C) groups is 1. The van der Waals surface area contributed by atoms with E-state index in [0.717, 1.165) is 18.1 Å². The second-order valence-corrected chi connectivity index (χ2v) is 4.37. The molecule has 5 heteroatoms. The predicted octanol–water partition coefficient (Wildman–Crippen LogP) is 0.666. The van der Waals surface area contributed by atoms with E-state index in [1.807, 2.05) is 24.3 Å². The first kappa shape index (κ1) is 12.7. The molecule has 1 aliphatic rings. The van der Waals surface area contributed by atoms with Crippen molar-refractivity contribution in [1.82, 2.24) is 10.6 Å². The van der Waals surface area contributed by atoms with Crippen LogP contribution in [0.4, 0.5) is 0 Å². The molecule has 0 bridgehead atoms. The van der Waals surface area contributed by atoms with E-state index in [2.05, 4.69) is 22.5 Å². The summed E-state index contributed by atoms with van der Waals surface area (Å²) in [4.78, 5) is 4.28. The molecule has 0 amide bonds. The summed E-state index contributed by atoms with van der Waals surface area (Å²) in [5.74, 6) is 1.44. The second kappa shape index (κ2) is 5.73. The van der Waals surface area contributed by atoms with Crippen molar-refractivity contribution >= 4 is 5.96 Å². The Bertz CT molecular complexity index is 434. The van der Waals surface area contributed by atoms with Gasteiger partial charge in [-0.1, -0.05) is 18.2 Å². The maximum atomic E-state index is 10.1. The standard InChI is InChI=1S/C13H19N3O2/c1-9-7-14-13(16-9)15-8-11(17)10-5-3-4-6-12(10)18-2/h3-6,9,11,17H,7-8H2,1-2H3,(H2,14,15,16). The highest BCUT2D eigenvalue weighted by Crippen LogP contribution is 2.23. The molecule has 0 saturated heterocycles. The van der Waals surface area contributed by atoms with E-state index in [1.54, 1.807) is 7.11 Å². The molecule has 3 N–H and O–H groups in total. The van der Waals surface area contributed by atoms with Crippen molar-refractivity contribution < 1.29 is 9.84 Å². The van der Waals surface area contributed by atoms with Crippen molar-refractivity contribution in [3.8, 4) is 5.75 Å². The molecule has 0 fully saturated rings. The number of hydrogen-bond donors (Lipinski definition) is 3. The first-order valence-electron chi connectivity index (χ1n) is 6.06. The van der Waals surface area contributed by atoms with Gasteiger partial charge < -0.3 is 20.5 Å². The third kappa shape index (κ3) is 2.92. The van der Waals surface area contributed by atoms with Crippen LogP contribution in [0.3, 0.4) is 0 Å². The number of benzene rings is 1. The zero-order chi connectivity index (χ0) is 13.0. The summed E-state index contributed by atoms with van der Waals surface area (Å²) < 4.78 is 5.22. The van der Waals surface area contributed by atoms with E-state index < -0.39 is 6.10 Å². The van der Waals surface area contributed by atoms with Crippen LogP contribution >= 0.6 is 0 Å². The van der Waals surface area contributed by atoms with Crippen LogP contribution in [0.2, 0.25) is 0 Å². The fraction of sp³-hybridized carbons (Fsp3) is 0.462. The summed E-state index contributed by atoms with van der Waals surface area (Å²) in [5.41, 5.74) is 0.777. The summed E-state index contributed by atoms with van der Waals surface area (Å²) in [5, 5.41) is 16.4. The molecule has 0 radical (unpaired) electrons. The van der Waals surface area contributed by atoms with Crippen molar-refractivity contribution in [2.75, 3.05) is 20.2 Å². The minimum absolute atomic E-state index is 0.357. The lowest BCUT2D eigenvalue weighted by atomic mass is 10.1. The zero-order valence-electron chi connectivity index (χ0n) is 10.7. The lowest BCUT2D eigenvalue weighted by Gasteiger charge is -2.16. The highest BCUT2D eigenvalue weighted by Gasteiger charge is 2.16. The minimum Gasteiger partial charge on any atom is -0.496 e. The predicted molar refractivity (Wildman–Crippen MR) is 70.9 cm³/mol. The summed E-state index contributed by atoms with van der Waals surface area (Å²) in [7, 11) is 1.60. The van der Waals surface area contributed by atoms with Crippen LogP contribution in [0.25, 0.3) is 0 Å². The lowest BCUT2D eigenvalue weighted by Crippen LogP contribution is -2.39. The highest BCUT2D eigenvalue weighted by atomic mass is 16.5. The van der Waals surface area contributed by atoms with E-state index >= 15 is 0 Å². The molecule has 2 rings (SSSR count). The second-order valence-electron chi connectivity index (χ2n) is 4.37. The van der Waals surface area contributed by atoms with Gasteiger partial charge in [-0.25, -0.2) is 0 Å². The first-order chi connectivity index (χ1) is 8.70. The van der Waals surface area contributed by atoms with Gasteiger partial charge in [0.25, 0.3) is 0 Å². The van der Waals surface area contributed by atoms with Gasteiger partial charge in [-0.05, 0) is 13.0 Å². The van der Waals surface area contributed by atoms with E-state index in [0.29, 0.717) is 18.3 Å². The molecule has 0 spiro atoms. The number of para-hydroxylation sites is 1. The molecule has 1 aromatic carbocycles. The maximum Gasteiger partial charge on any atom is 0.191 e. The summed E-state index contributed by atoms with van der Waals surface area (Å²) >= 11 is 0. The number of aliphatic hydroxyl groups excluding tert-OH is 1. The first-order valence-corrected chi connectivity index (χ1v) is 6.06. The molecule has 1 heterocycles. The van der Waals surface area contributed by atoms with E-state index in [4.69, 9.17) is 4.74 Å². The van der Waals surface area contributed by atoms with Crippen LogP contribution in [0.5, 0.6) is 5.75 Å². The molecule has 0 saturated carbocycles. The van der Waals surface area contributed by atoms with Crippen molar-refractivity contribution in [3.05, 3.63) is 29.8 Å². The summed E-state index contributed by atoms with van der Waals surface area (Å²) in [6, 6.07) is 7.82. The number of rotatable bonds is 4. The van der Waals surface area contributed by atoms with Crippen molar-refractivity contribution in [3.63, 3.8) is 0 Å². The minimum atomic E-state index is -0.624. The number of nitrogens with zero attached hydrogens (tertiary/aromatic N) is 1. The van der Waals surface area contributed by atoms with Gasteiger partial charge in [-0.2, -0.15) is 0 Å². The quantitative estimate of drug-likeness (QED) is 0.733. The number of ether oxygens (including phenoxy) is 1. The van der Waals surface area contributed by atoms with Gasteiger partial charge in [0, 0.05) is 18.2 Å². The number of guanidine groups is 1. The van der Waals surface area contributed by atoms with Crippen LogP contribution in [-0.4, -0.2) is 37.3 Å². The Morgan fingerprint density at radius 1 is 1.56 bits per heavy atom. The number of aliphatic hydroxyl groups is 1. The van der Waals surface area contributed by atoms with Crippen LogP contribution in [0.15, 0.2) is 29.3 Å². The number of nitrogens with one attached hydrogen (secondary N) is 2. The van der Waals surface area contributed by atoms with Crippen LogP contribution in [-0.2, 0) is 0 Å². The van der Waals surface area contributed by atoms with Gasteiger partial charge in [-0.15, -0.1) is 0 Å². The average Bonchev–Trinajstić information content (AvgIpc) is 2.81. The van der Waals surface area contributed by atoms with Crippen molar-refractivity contribution in [2.24, 2.45) is 4.99 Å². The highest BCUT2D eigenvalue weighted by molar-refractivity contribution is 5.81. The van der Waals surface area contributed by atoms with Gasteiger partial charge in [0.05, 0.1) is 19.8 Å². The normalized spacial score (nSPS) is 19.9. The Morgan fingerprint density at radius 3 is 3.00 bits per heavy atom. The molecule has 5 nitrogen and oxygen atoms in total. The van der Waals surface area contributed by atoms with E-state index in [-0.39, 0.29) is 0 Å². The van der Waals surface area contributed by atoms with Gasteiger partial charge in [0.15, 0.2) is 5.96 Å². The molecule has 2 atom stereocenters. The Morgan fingerprint density at radius 2 is 2.33 bits per heavy atom. The van der Waals surface area contributed by atoms with Crippen LogP contribution in [0, 0.1) is 0 Å². The Kier molecular flexibility index (Phi) is 4.04. The molecule has 18 heavy (non-hydrogen) atoms. The molecule has 0 aromatic heterocycles.